The van der Waals surface area contributed by atoms with Crippen molar-refractivity contribution in [2.45, 2.75) is 28.9 Å². The number of aromatic nitrogens is 1. The summed E-state index contributed by atoms with van der Waals surface area (Å²) in [6.45, 7) is 1.99. The molecule has 0 unspecified atom stereocenters. The summed E-state index contributed by atoms with van der Waals surface area (Å²) in [6, 6.07) is 29.0. The number of pyridine rings is 1. The van der Waals surface area contributed by atoms with Crippen LogP contribution >= 0.6 is 23.5 Å². The number of carboxylic acids is 1. The molecule has 4 heterocycles. The van der Waals surface area contributed by atoms with Crippen LogP contribution in [-0.2, 0) is 28.8 Å². The predicted octanol–water partition coefficient (Wildman–Crippen LogP) is 2.62. The highest BCUT2D eigenvalue weighted by Crippen LogP contribution is 2.46. The molecule has 7 amide bonds. The topological polar surface area (TPSA) is 193 Å². The zero-order chi connectivity index (χ0) is 41.7. The molecule has 2 fully saturated rings. The maximum absolute atomic E-state index is 14.1. The van der Waals surface area contributed by atoms with Gasteiger partial charge in [0, 0.05) is 48.2 Å². The van der Waals surface area contributed by atoms with E-state index in [2.05, 4.69) is 16.0 Å². The van der Waals surface area contributed by atoms with E-state index in [0.717, 1.165) is 32.9 Å². The van der Waals surface area contributed by atoms with Crippen LogP contribution in [0.1, 0.15) is 18.5 Å². The summed E-state index contributed by atoms with van der Waals surface area (Å²) in [5.41, 5.74) is 0.300. The molecule has 302 valence electrons. The molecule has 4 N–H and O–H groups in total. The number of piperazine rings is 1. The number of nitrogens with one attached hydrogen (secondary N) is 3. The summed E-state index contributed by atoms with van der Waals surface area (Å²) < 4.78 is 1.94. The van der Waals surface area contributed by atoms with Crippen LogP contribution < -0.4 is 25.6 Å². The van der Waals surface area contributed by atoms with Gasteiger partial charge in [-0.2, -0.15) is 0 Å². The van der Waals surface area contributed by atoms with Crippen molar-refractivity contribution in [1.29, 1.82) is 0 Å². The number of imide groups is 1. The zero-order valence-corrected chi connectivity index (χ0v) is 33.2. The number of urea groups is 1. The zero-order valence-electron chi connectivity index (χ0n) is 31.6. The number of thioether (sulfide) groups is 2. The van der Waals surface area contributed by atoms with Crippen LogP contribution in [0.15, 0.2) is 132 Å². The molecule has 0 aliphatic carbocycles. The molecule has 59 heavy (non-hydrogen) atoms. The largest absolute Gasteiger partial charge is 0.477 e. The number of rotatable bonds is 14. The van der Waals surface area contributed by atoms with Crippen molar-refractivity contribution in [3.05, 3.63) is 132 Å². The van der Waals surface area contributed by atoms with Crippen molar-refractivity contribution >= 4 is 76.9 Å². The second kappa shape index (κ2) is 17.5. The summed E-state index contributed by atoms with van der Waals surface area (Å²) in [4.78, 5) is 95.5. The number of likely N-dealkylation sites (N-methyl/N-ethyl adjacent to an activating group) is 1. The third-order valence-electron chi connectivity index (χ3n) is 9.99. The van der Waals surface area contributed by atoms with E-state index >= 15 is 0 Å². The van der Waals surface area contributed by atoms with Crippen LogP contribution in [0.2, 0.25) is 0 Å². The first-order valence-electron chi connectivity index (χ1n) is 18.5. The fraction of sp³-hybridized carbons (Fsp3) is 0.220. The first-order chi connectivity index (χ1) is 28.6. The number of anilines is 2. The molecule has 3 aromatic carbocycles. The van der Waals surface area contributed by atoms with E-state index in [1.807, 2.05) is 94.9 Å². The Labute approximate surface area is 347 Å². The van der Waals surface area contributed by atoms with Crippen LogP contribution in [0, 0.1) is 0 Å². The van der Waals surface area contributed by atoms with Gasteiger partial charge in [-0.1, -0.05) is 71.4 Å². The van der Waals surface area contributed by atoms with Crippen molar-refractivity contribution in [2.24, 2.45) is 0 Å². The quantitative estimate of drug-likeness (QED) is 0.0365. The third kappa shape index (κ3) is 7.96. The Hall–Kier alpha value is -6.66. The molecule has 1 aromatic heterocycles. The van der Waals surface area contributed by atoms with Gasteiger partial charge in [0.25, 0.3) is 5.91 Å². The molecule has 0 bridgehead atoms. The second-order valence-electron chi connectivity index (χ2n) is 13.5. The Morgan fingerprint density at radius 3 is 2.10 bits per heavy atom. The van der Waals surface area contributed by atoms with Crippen molar-refractivity contribution in [3.8, 4) is 0 Å². The van der Waals surface area contributed by atoms with Gasteiger partial charge >= 0.3 is 23.8 Å². The summed E-state index contributed by atoms with van der Waals surface area (Å²) in [5, 5.41) is 18.9. The van der Waals surface area contributed by atoms with Crippen LogP contribution in [0.4, 0.5) is 16.2 Å². The van der Waals surface area contributed by atoms with E-state index in [9.17, 15) is 38.7 Å². The Bertz CT molecular complexity index is 2260. The molecule has 3 aliphatic heterocycles. The lowest BCUT2D eigenvalue weighted by Crippen LogP contribution is -2.85. The number of fused-ring (bicyclic) bond motifs is 1. The average Bonchev–Trinajstić information content (AvgIpc) is 3.26. The van der Waals surface area contributed by atoms with E-state index < -0.39 is 52.7 Å². The van der Waals surface area contributed by atoms with Crippen LogP contribution in [-0.4, -0.2) is 104 Å². The molecule has 7 rings (SSSR count). The van der Waals surface area contributed by atoms with E-state index in [1.165, 1.54) is 16.7 Å². The highest BCUT2D eigenvalue weighted by atomic mass is 32.2. The highest BCUT2D eigenvalue weighted by Gasteiger charge is 2.66. The van der Waals surface area contributed by atoms with E-state index in [1.54, 1.807) is 37.3 Å². The van der Waals surface area contributed by atoms with Crippen LogP contribution in [0.5, 0.6) is 0 Å². The Morgan fingerprint density at radius 2 is 1.53 bits per heavy atom. The molecule has 0 radical (unpaired) electrons. The third-order valence-corrected chi connectivity index (χ3v) is 12.5. The summed E-state index contributed by atoms with van der Waals surface area (Å²) in [5.74, 6) is -4.71. The average molecular weight is 836 g/mol. The van der Waals surface area contributed by atoms with Gasteiger partial charge in [-0.15, -0.1) is 28.5 Å². The maximum Gasteiger partial charge on any atom is 0.352 e. The lowest BCUT2D eigenvalue weighted by atomic mass is 9.94. The maximum atomic E-state index is 14.1. The van der Waals surface area contributed by atoms with Crippen molar-refractivity contribution in [3.63, 3.8) is 0 Å². The van der Waals surface area contributed by atoms with Gasteiger partial charge in [0.05, 0.1) is 0 Å². The first kappa shape index (κ1) is 40.5. The molecule has 18 heteroatoms. The van der Waals surface area contributed by atoms with Crippen LogP contribution in [0.3, 0.4) is 0 Å². The van der Waals surface area contributed by atoms with Gasteiger partial charge in [-0.3, -0.25) is 33.8 Å². The monoisotopic (exact) mass is 835 g/mol. The highest BCUT2D eigenvalue weighted by molar-refractivity contribution is 8.01. The number of carbonyl (C=O) groups excluding carboxylic acids is 6. The standard InChI is InChI=1S/C41H38N8O8S2/c1-2-45-22-23-47(36(53)35(45)52)40(57)43-32(27-12-6-3-7-13-27)34(51)44-41(42-26-50)38(56)48-33(37(54)55)28(25-59-39(41)48)24-58-31-18-20-46(21-19-31)49(29-14-8-4-9-15-29)30-16-10-5-11-17-30/h3-21,26,32,39H,2,22-25H2,1H3,(H3-,42,43,44,50,51,54,55,57)/p+1/t32-,39-,41-/m1/s1. The summed E-state index contributed by atoms with van der Waals surface area (Å²) >= 11 is 2.55. The number of carboxylic acid groups (broad SMARTS) is 1. The number of amides is 7. The van der Waals surface area contributed by atoms with E-state index in [-0.39, 0.29) is 48.8 Å². The number of aliphatic carboxylic acids is 1. The fourth-order valence-corrected chi connectivity index (χ4v) is 9.50. The van der Waals surface area contributed by atoms with Gasteiger partial charge in [0.1, 0.15) is 28.5 Å². The van der Waals surface area contributed by atoms with Crippen molar-refractivity contribution < 1.29 is 43.3 Å². The molecule has 2 saturated heterocycles. The minimum absolute atomic E-state index is 0.105. The van der Waals surface area contributed by atoms with E-state index in [4.69, 9.17) is 0 Å². The number of hydrogen-bond donors (Lipinski definition) is 4. The number of β-lactam (4-membered cyclic amide) rings is 1. The van der Waals surface area contributed by atoms with Crippen molar-refractivity contribution in [2.75, 3.05) is 36.1 Å². The molecule has 3 aliphatic rings. The Morgan fingerprint density at radius 1 is 0.915 bits per heavy atom. The summed E-state index contributed by atoms with van der Waals surface area (Å²) in [7, 11) is 0. The number of nitrogens with zero attached hydrogens (tertiary/aromatic N) is 5. The molecule has 4 aromatic rings. The number of carbonyl (C=O) groups is 7. The Balaban J connectivity index is 1.08. The number of para-hydroxylation sites is 2. The normalized spacial score (nSPS) is 19.3. The molecule has 0 saturated carbocycles. The van der Waals surface area contributed by atoms with Gasteiger partial charge in [-0.25, -0.2) is 9.59 Å². The molecule has 3 atom stereocenters. The van der Waals surface area contributed by atoms with Crippen molar-refractivity contribution in [1.82, 2.24) is 30.7 Å². The van der Waals surface area contributed by atoms with Gasteiger partial charge in [0.2, 0.25) is 30.4 Å². The van der Waals surface area contributed by atoms with Gasteiger partial charge < -0.3 is 26.0 Å². The molecular weight excluding hydrogens is 797 g/mol. The smallest absolute Gasteiger partial charge is 0.352 e. The SMILES string of the molecule is CCN1CCN(C(=O)N[C@@H](C(=O)N[C@]2(NC=O)C(=O)N3C(C(=O)O)=C(CSc4cc[n+](N(c5ccccc5)c5ccccc5)cc4)CS[C@@H]32)c2ccccc2)C(=O)C1=O. The molecule has 16 nitrogen and oxygen atoms in total. The summed E-state index contributed by atoms with van der Waals surface area (Å²) in [6.07, 6.45) is 4.03. The minimum atomic E-state index is -2.07. The first-order valence-corrected chi connectivity index (χ1v) is 20.6. The predicted molar refractivity (Wildman–Crippen MR) is 217 cm³/mol. The molecular formula is C41H39N8O8S2+. The Kier molecular flexibility index (Phi) is 12.0. The number of benzene rings is 3. The lowest BCUT2D eigenvalue weighted by molar-refractivity contribution is -0.676. The fourth-order valence-electron chi connectivity index (χ4n) is 7.05. The van der Waals surface area contributed by atoms with Crippen LogP contribution in [0.25, 0.3) is 0 Å². The lowest BCUT2D eigenvalue weighted by Gasteiger charge is -2.56. The van der Waals surface area contributed by atoms with Gasteiger partial charge in [-0.05, 0) is 42.3 Å². The van der Waals surface area contributed by atoms with E-state index in [0.29, 0.717) is 10.5 Å². The van der Waals surface area contributed by atoms with Gasteiger partial charge in [0.15, 0.2) is 0 Å². The second-order valence-corrected chi connectivity index (χ2v) is 15.6. The minimum Gasteiger partial charge on any atom is -0.477 e. The molecule has 0 spiro atoms. The number of hydrogen-bond acceptors (Lipinski definition) is 10.